The molecule has 2 atom stereocenters. The molecule has 0 amide bonds. The van der Waals surface area contributed by atoms with Gasteiger partial charge in [0.15, 0.2) is 0 Å². The summed E-state index contributed by atoms with van der Waals surface area (Å²) in [5.41, 5.74) is 0.0605. The number of piperazine rings is 1. The van der Waals surface area contributed by atoms with Crippen LogP contribution in [0.15, 0.2) is 0 Å². The third kappa shape index (κ3) is 6.03. The third-order valence-corrected chi connectivity index (χ3v) is 5.54. The molecule has 2 fully saturated rings. The largest absolute Gasteiger partial charge is 0.459 e. The lowest BCUT2D eigenvalue weighted by Gasteiger charge is -2.41. The van der Waals surface area contributed by atoms with Crippen LogP contribution < -0.4 is 5.32 Å². The summed E-state index contributed by atoms with van der Waals surface area (Å²) in [6, 6.07) is 0.356. The van der Waals surface area contributed by atoms with Crippen molar-refractivity contribution in [3.63, 3.8) is 0 Å². The molecule has 1 aliphatic carbocycles. The number of nitrogens with zero attached hydrogens (tertiary/aromatic N) is 1. The van der Waals surface area contributed by atoms with Crippen LogP contribution in [0, 0.1) is 11.3 Å². The number of ether oxygens (including phenoxy) is 1. The van der Waals surface area contributed by atoms with E-state index in [2.05, 4.69) is 31.0 Å². The maximum atomic E-state index is 12.9. The Kier molecular flexibility index (Phi) is 6.35. The van der Waals surface area contributed by atoms with E-state index in [0.29, 0.717) is 17.4 Å². The number of carbonyl (C=O) groups excluding carboxylic acids is 1. The molecule has 1 heterocycles. The molecular formula is C20H38N2O2. The average Bonchev–Trinajstić information content (AvgIpc) is 2.44. The maximum Gasteiger partial charge on any atom is 0.323 e. The third-order valence-electron chi connectivity index (χ3n) is 5.54. The van der Waals surface area contributed by atoms with Crippen molar-refractivity contribution in [2.45, 2.75) is 91.3 Å². The van der Waals surface area contributed by atoms with Crippen LogP contribution in [-0.4, -0.2) is 48.2 Å². The van der Waals surface area contributed by atoms with Gasteiger partial charge in [-0.1, -0.05) is 13.8 Å². The first-order chi connectivity index (χ1) is 11.1. The molecule has 0 radical (unpaired) electrons. The lowest BCUT2D eigenvalue weighted by atomic mass is 9.71. The smallest absolute Gasteiger partial charge is 0.323 e. The van der Waals surface area contributed by atoms with Gasteiger partial charge in [0.1, 0.15) is 11.6 Å². The predicted octanol–water partition coefficient (Wildman–Crippen LogP) is 3.60. The second kappa shape index (κ2) is 7.74. The first-order valence-electron chi connectivity index (χ1n) is 9.76. The molecule has 4 heteroatoms. The molecule has 2 rings (SSSR count). The predicted molar refractivity (Wildman–Crippen MR) is 99.0 cm³/mol. The second-order valence-corrected chi connectivity index (χ2v) is 9.74. The van der Waals surface area contributed by atoms with E-state index < -0.39 is 5.60 Å². The number of esters is 1. The van der Waals surface area contributed by atoms with Gasteiger partial charge in [0.05, 0.1) is 0 Å². The Morgan fingerprint density at radius 1 is 1.29 bits per heavy atom. The van der Waals surface area contributed by atoms with Gasteiger partial charge in [-0.15, -0.1) is 0 Å². The standard InChI is InChI=1S/C20H38N2O2/c1-15-14-22(12-11-21-15)17(18(23)24-19(2,3)4)13-16-7-9-20(5,6)10-8-16/h15-17,21H,7-14H2,1-6H3/t15-,17-/m0/s1. The Bertz CT molecular complexity index is 418. The van der Waals surface area contributed by atoms with E-state index in [0.717, 1.165) is 26.1 Å². The Labute approximate surface area is 148 Å². The maximum absolute atomic E-state index is 12.9. The van der Waals surface area contributed by atoms with E-state index in [-0.39, 0.29) is 12.0 Å². The minimum atomic E-state index is -0.413. The Balaban J connectivity index is 2.03. The monoisotopic (exact) mass is 338 g/mol. The molecule has 1 saturated carbocycles. The van der Waals surface area contributed by atoms with Gasteiger partial charge in [0.25, 0.3) is 0 Å². The van der Waals surface area contributed by atoms with E-state index in [1.807, 2.05) is 20.8 Å². The molecule has 1 aliphatic heterocycles. The van der Waals surface area contributed by atoms with Crippen LogP contribution in [0.3, 0.4) is 0 Å². The molecule has 24 heavy (non-hydrogen) atoms. The molecular weight excluding hydrogens is 300 g/mol. The van der Waals surface area contributed by atoms with Crippen molar-refractivity contribution in [3.05, 3.63) is 0 Å². The van der Waals surface area contributed by atoms with Crippen molar-refractivity contribution in [2.24, 2.45) is 11.3 Å². The number of nitrogens with one attached hydrogen (secondary N) is 1. The highest BCUT2D eigenvalue weighted by molar-refractivity contribution is 5.76. The molecule has 2 aliphatic rings. The number of hydrogen-bond donors (Lipinski definition) is 1. The zero-order valence-electron chi connectivity index (χ0n) is 16.7. The van der Waals surface area contributed by atoms with Crippen molar-refractivity contribution in [2.75, 3.05) is 19.6 Å². The summed E-state index contributed by atoms with van der Waals surface area (Å²) in [6.45, 7) is 15.6. The fraction of sp³-hybridized carbons (Fsp3) is 0.950. The van der Waals surface area contributed by atoms with Crippen molar-refractivity contribution >= 4 is 5.97 Å². The highest BCUT2D eigenvalue weighted by Gasteiger charge is 2.36. The first-order valence-corrected chi connectivity index (χ1v) is 9.76. The van der Waals surface area contributed by atoms with Crippen molar-refractivity contribution < 1.29 is 9.53 Å². The average molecular weight is 339 g/mol. The lowest BCUT2D eigenvalue weighted by molar-refractivity contribution is -0.163. The summed E-state index contributed by atoms with van der Waals surface area (Å²) in [7, 11) is 0. The van der Waals surface area contributed by atoms with Crippen LogP contribution >= 0.6 is 0 Å². The number of rotatable bonds is 4. The van der Waals surface area contributed by atoms with Gasteiger partial charge in [0.2, 0.25) is 0 Å². The Morgan fingerprint density at radius 2 is 1.92 bits per heavy atom. The molecule has 0 aromatic heterocycles. The SMILES string of the molecule is C[C@H]1CN([C@@H](CC2CCC(C)(C)CC2)C(=O)OC(C)(C)C)CCN1. The Morgan fingerprint density at radius 3 is 2.46 bits per heavy atom. The zero-order chi connectivity index (χ0) is 18.0. The van der Waals surface area contributed by atoms with Crippen molar-refractivity contribution in [3.8, 4) is 0 Å². The zero-order valence-corrected chi connectivity index (χ0v) is 16.7. The molecule has 0 aromatic rings. The summed E-state index contributed by atoms with van der Waals surface area (Å²) in [6.07, 6.45) is 5.99. The van der Waals surface area contributed by atoms with E-state index in [9.17, 15) is 4.79 Å². The molecule has 4 nitrogen and oxygen atoms in total. The topological polar surface area (TPSA) is 41.6 Å². The van der Waals surface area contributed by atoms with Crippen LogP contribution in [0.25, 0.3) is 0 Å². The van der Waals surface area contributed by atoms with Crippen LogP contribution in [-0.2, 0) is 9.53 Å². The van der Waals surface area contributed by atoms with Crippen LogP contribution in [0.5, 0.6) is 0 Å². The summed E-state index contributed by atoms with van der Waals surface area (Å²) in [5, 5.41) is 3.47. The van der Waals surface area contributed by atoms with E-state index in [1.54, 1.807) is 0 Å². The van der Waals surface area contributed by atoms with E-state index in [4.69, 9.17) is 4.74 Å². The van der Waals surface area contributed by atoms with Gasteiger partial charge in [-0.2, -0.15) is 0 Å². The normalized spacial score (nSPS) is 27.7. The van der Waals surface area contributed by atoms with E-state index >= 15 is 0 Å². The van der Waals surface area contributed by atoms with Gasteiger partial charge in [-0.25, -0.2) is 0 Å². The van der Waals surface area contributed by atoms with Gasteiger partial charge < -0.3 is 10.1 Å². The minimum absolute atomic E-state index is 0.0265. The summed E-state index contributed by atoms with van der Waals surface area (Å²) >= 11 is 0. The summed E-state index contributed by atoms with van der Waals surface area (Å²) in [5.74, 6) is 0.627. The van der Waals surface area contributed by atoms with Gasteiger partial charge in [0, 0.05) is 25.7 Å². The molecule has 1 saturated heterocycles. The molecule has 140 valence electrons. The summed E-state index contributed by atoms with van der Waals surface area (Å²) in [4.78, 5) is 15.2. The number of hydrogen-bond acceptors (Lipinski definition) is 4. The van der Waals surface area contributed by atoms with Gasteiger partial charge in [-0.3, -0.25) is 9.69 Å². The van der Waals surface area contributed by atoms with Crippen LogP contribution in [0.2, 0.25) is 0 Å². The first kappa shape index (κ1) is 19.7. The highest BCUT2D eigenvalue weighted by atomic mass is 16.6. The Hall–Kier alpha value is -0.610. The summed E-state index contributed by atoms with van der Waals surface area (Å²) < 4.78 is 5.77. The van der Waals surface area contributed by atoms with Crippen molar-refractivity contribution in [1.82, 2.24) is 10.2 Å². The van der Waals surface area contributed by atoms with E-state index in [1.165, 1.54) is 25.7 Å². The lowest BCUT2D eigenvalue weighted by Crippen LogP contribution is -2.56. The number of carbonyl (C=O) groups is 1. The second-order valence-electron chi connectivity index (χ2n) is 9.74. The molecule has 0 spiro atoms. The molecule has 0 aromatic carbocycles. The van der Waals surface area contributed by atoms with Crippen molar-refractivity contribution in [1.29, 1.82) is 0 Å². The molecule has 1 N–H and O–H groups in total. The van der Waals surface area contributed by atoms with Crippen LogP contribution in [0.1, 0.15) is 73.6 Å². The molecule has 0 unspecified atom stereocenters. The quantitative estimate of drug-likeness (QED) is 0.795. The van der Waals surface area contributed by atoms with Crippen LogP contribution in [0.4, 0.5) is 0 Å². The molecule has 0 bridgehead atoms. The highest BCUT2D eigenvalue weighted by Crippen LogP contribution is 2.40. The fourth-order valence-electron chi connectivity index (χ4n) is 4.02. The van der Waals surface area contributed by atoms with Gasteiger partial charge in [-0.05, 0) is 71.1 Å². The fourth-order valence-corrected chi connectivity index (χ4v) is 4.02. The van der Waals surface area contributed by atoms with Gasteiger partial charge >= 0.3 is 5.97 Å². The minimum Gasteiger partial charge on any atom is -0.459 e.